The van der Waals surface area contributed by atoms with Crippen molar-refractivity contribution in [3.8, 4) is 27.9 Å². The third kappa shape index (κ3) is 5.02. The standard InChI is InChI=1S/C42H32N4/c43-31-25-22-29(23-26-31)34-27-24-30(28-39(34)45-33-14-5-2-6-15-33)35-17-11-18-37-36-16-7-9-20-40(36)46(42(35)37)41-21-10-8-19-38(41)44-32-12-3-1-4-13-32/h1-28,44-45H,43H2. The number of para-hydroxylation sites is 6. The first kappa shape index (κ1) is 27.3. The van der Waals surface area contributed by atoms with E-state index in [2.05, 4.69) is 161 Å². The van der Waals surface area contributed by atoms with Crippen LogP contribution in [0.4, 0.5) is 28.4 Å². The first-order valence-corrected chi connectivity index (χ1v) is 15.5. The van der Waals surface area contributed by atoms with Crippen LogP contribution in [0.15, 0.2) is 170 Å². The van der Waals surface area contributed by atoms with Crippen molar-refractivity contribution in [2.75, 3.05) is 16.4 Å². The molecule has 8 rings (SSSR count). The topological polar surface area (TPSA) is 55.0 Å². The van der Waals surface area contributed by atoms with Crippen LogP contribution in [-0.4, -0.2) is 4.57 Å². The summed E-state index contributed by atoms with van der Waals surface area (Å²) in [5.74, 6) is 0. The average Bonchev–Trinajstić information content (AvgIpc) is 3.44. The van der Waals surface area contributed by atoms with Crippen LogP contribution in [0.1, 0.15) is 0 Å². The Morgan fingerprint density at radius 3 is 1.80 bits per heavy atom. The van der Waals surface area contributed by atoms with Crippen LogP contribution in [0.25, 0.3) is 49.7 Å². The van der Waals surface area contributed by atoms with Gasteiger partial charge in [0.25, 0.3) is 0 Å². The zero-order chi connectivity index (χ0) is 30.9. The second kappa shape index (κ2) is 11.7. The lowest BCUT2D eigenvalue weighted by atomic mass is 9.96. The number of nitrogens with two attached hydrogens (primary N) is 1. The van der Waals surface area contributed by atoms with Crippen LogP contribution < -0.4 is 16.4 Å². The van der Waals surface area contributed by atoms with Gasteiger partial charge in [0.1, 0.15) is 0 Å². The summed E-state index contributed by atoms with van der Waals surface area (Å²) in [7, 11) is 0. The van der Waals surface area contributed by atoms with Crippen LogP contribution in [0.5, 0.6) is 0 Å². The average molecular weight is 593 g/mol. The Morgan fingerprint density at radius 1 is 0.435 bits per heavy atom. The Morgan fingerprint density at radius 2 is 1.04 bits per heavy atom. The zero-order valence-corrected chi connectivity index (χ0v) is 25.2. The van der Waals surface area contributed by atoms with Crippen LogP contribution in [0, 0.1) is 0 Å². The molecule has 0 fully saturated rings. The van der Waals surface area contributed by atoms with E-state index < -0.39 is 0 Å². The third-order valence-electron chi connectivity index (χ3n) is 8.50. The SMILES string of the molecule is Nc1ccc(-c2ccc(-c3cccc4c5ccccc5n(-c5ccccc5Nc5ccccc5)c34)cc2Nc2ccccc2)cc1. The van der Waals surface area contributed by atoms with E-state index in [9.17, 15) is 0 Å². The number of aromatic nitrogens is 1. The van der Waals surface area contributed by atoms with Gasteiger partial charge >= 0.3 is 0 Å². The fourth-order valence-corrected chi connectivity index (χ4v) is 6.36. The van der Waals surface area contributed by atoms with Gasteiger partial charge in [0.2, 0.25) is 0 Å². The quantitative estimate of drug-likeness (QED) is 0.161. The largest absolute Gasteiger partial charge is 0.399 e. The van der Waals surface area contributed by atoms with E-state index in [0.29, 0.717) is 0 Å². The van der Waals surface area contributed by atoms with Crippen molar-refractivity contribution in [2.45, 2.75) is 0 Å². The molecule has 0 unspecified atom stereocenters. The number of hydrogen-bond donors (Lipinski definition) is 3. The van der Waals surface area contributed by atoms with Crippen molar-refractivity contribution >= 4 is 50.2 Å². The van der Waals surface area contributed by atoms with E-state index in [4.69, 9.17) is 5.73 Å². The van der Waals surface area contributed by atoms with Gasteiger partial charge in [-0.25, -0.2) is 0 Å². The predicted octanol–water partition coefficient (Wildman–Crippen LogP) is 11.2. The number of hydrogen-bond acceptors (Lipinski definition) is 3. The summed E-state index contributed by atoms with van der Waals surface area (Å²) < 4.78 is 2.41. The Bertz CT molecular complexity index is 2300. The first-order valence-electron chi connectivity index (χ1n) is 15.5. The van der Waals surface area contributed by atoms with Crippen molar-refractivity contribution in [3.63, 3.8) is 0 Å². The van der Waals surface area contributed by atoms with Gasteiger partial charge in [0.05, 0.1) is 22.4 Å². The Balaban J connectivity index is 1.36. The second-order valence-electron chi connectivity index (χ2n) is 11.4. The van der Waals surface area contributed by atoms with Gasteiger partial charge in [0, 0.05) is 44.6 Å². The van der Waals surface area contributed by atoms with E-state index in [-0.39, 0.29) is 0 Å². The second-order valence-corrected chi connectivity index (χ2v) is 11.4. The molecule has 1 aromatic heterocycles. The number of nitrogens with zero attached hydrogens (tertiary/aromatic N) is 1. The molecule has 8 aromatic rings. The molecule has 0 spiro atoms. The summed E-state index contributed by atoms with van der Waals surface area (Å²) in [6, 6.07) is 59.3. The predicted molar refractivity (Wildman–Crippen MR) is 196 cm³/mol. The lowest BCUT2D eigenvalue weighted by Gasteiger charge is -2.18. The third-order valence-corrected chi connectivity index (χ3v) is 8.50. The maximum atomic E-state index is 6.04. The summed E-state index contributed by atoms with van der Waals surface area (Å²) in [6.45, 7) is 0. The number of nitrogen functional groups attached to an aromatic ring is 1. The summed E-state index contributed by atoms with van der Waals surface area (Å²) in [5, 5.41) is 9.81. The van der Waals surface area contributed by atoms with E-state index in [1.165, 1.54) is 10.8 Å². The highest BCUT2D eigenvalue weighted by molar-refractivity contribution is 6.14. The fourth-order valence-electron chi connectivity index (χ4n) is 6.36. The Labute approximate surface area is 268 Å². The highest BCUT2D eigenvalue weighted by Crippen LogP contribution is 2.42. The van der Waals surface area contributed by atoms with Gasteiger partial charge < -0.3 is 20.9 Å². The number of fused-ring (bicyclic) bond motifs is 3. The van der Waals surface area contributed by atoms with Crippen molar-refractivity contribution in [3.05, 3.63) is 170 Å². The van der Waals surface area contributed by atoms with E-state index in [1.807, 2.05) is 24.3 Å². The van der Waals surface area contributed by atoms with Gasteiger partial charge in [-0.2, -0.15) is 0 Å². The molecule has 0 bridgehead atoms. The fraction of sp³-hybridized carbons (Fsp3) is 0. The van der Waals surface area contributed by atoms with Gasteiger partial charge in [-0.1, -0.05) is 109 Å². The molecule has 4 N–H and O–H groups in total. The maximum Gasteiger partial charge on any atom is 0.0697 e. The molecule has 7 aromatic carbocycles. The van der Waals surface area contributed by atoms with Crippen molar-refractivity contribution in [2.24, 2.45) is 0 Å². The molecule has 0 aliphatic carbocycles. The van der Waals surface area contributed by atoms with E-state index >= 15 is 0 Å². The number of nitrogens with one attached hydrogen (secondary N) is 2. The number of benzene rings is 7. The molecule has 0 atom stereocenters. The molecular weight excluding hydrogens is 560 g/mol. The Kier molecular flexibility index (Phi) is 6.93. The monoisotopic (exact) mass is 592 g/mol. The highest BCUT2D eigenvalue weighted by atomic mass is 15.0. The van der Waals surface area contributed by atoms with Crippen molar-refractivity contribution in [1.82, 2.24) is 4.57 Å². The molecule has 1 heterocycles. The lowest BCUT2D eigenvalue weighted by Crippen LogP contribution is -2.01. The molecule has 0 saturated heterocycles. The molecule has 0 saturated carbocycles. The molecule has 0 radical (unpaired) electrons. The van der Waals surface area contributed by atoms with Crippen LogP contribution in [0.2, 0.25) is 0 Å². The summed E-state index contributed by atoms with van der Waals surface area (Å²) in [6.07, 6.45) is 0. The van der Waals surface area contributed by atoms with Crippen LogP contribution >= 0.6 is 0 Å². The zero-order valence-electron chi connectivity index (χ0n) is 25.2. The molecule has 4 heteroatoms. The number of anilines is 5. The molecule has 0 aliphatic rings. The summed E-state index contributed by atoms with van der Waals surface area (Å²) in [4.78, 5) is 0. The summed E-state index contributed by atoms with van der Waals surface area (Å²) >= 11 is 0. The number of rotatable bonds is 7. The van der Waals surface area contributed by atoms with Crippen LogP contribution in [0.3, 0.4) is 0 Å². The molecule has 46 heavy (non-hydrogen) atoms. The lowest BCUT2D eigenvalue weighted by molar-refractivity contribution is 1.18. The van der Waals surface area contributed by atoms with Crippen molar-refractivity contribution in [1.29, 1.82) is 0 Å². The van der Waals surface area contributed by atoms with Gasteiger partial charge in [-0.3, -0.25) is 0 Å². The minimum Gasteiger partial charge on any atom is -0.399 e. The Hall–Kier alpha value is -6.26. The summed E-state index contributed by atoms with van der Waals surface area (Å²) in [5.41, 5.74) is 18.8. The minimum absolute atomic E-state index is 0.750. The van der Waals surface area contributed by atoms with E-state index in [1.54, 1.807) is 0 Å². The maximum absolute atomic E-state index is 6.04. The smallest absolute Gasteiger partial charge is 0.0697 e. The molecule has 220 valence electrons. The molecule has 0 aliphatic heterocycles. The highest BCUT2D eigenvalue weighted by Gasteiger charge is 2.19. The van der Waals surface area contributed by atoms with Gasteiger partial charge in [-0.15, -0.1) is 0 Å². The van der Waals surface area contributed by atoms with Gasteiger partial charge in [0.15, 0.2) is 0 Å². The molecule has 4 nitrogen and oxygen atoms in total. The van der Waals surface area contributed by atoms with E-state index in [0.717, 1.165) is 67.4 Å². The molecule has 0 amide bonds. The van der Waals surface area contributed by atoms with Crippen molar-refractivity contribution < 1.29 is 0 Å². The van der Waals surface area contributed by atoms with Gasteiger partial charge in [-0.05, 0) is 71.8 Å². The minimum atomic E-state index is 0.750. The normalized spacial score (nSPS) is 11.1. The van der Waals surface area contributed by atoms with Crippen LogP contribution in [-0.2, 0) is 0 Å². The molecular formula is C42H32N4. The first-order chi connectivity index (χ1) is 22.7.